The molecule has 23 heavy (non-hydrogen) atoms. The van der Waals surface area contributed by atoms with Gasteiger partial charge in [0, 0.05) is 37.0 Å². The summed E-state index contributed by atoms with van der Waals surface area (Å²) in [6.45, 7) is 12.5. The highest BCUT2D eigenvalue weighted by molar-refractivity contribution is 5.78. The number of ether oxygens (including phenoxy) is 2. The van der Waals surface area contributed by atoms with Crippen LogP contribution < -0.4 is 0 Å². The average molecular weight is 324 g/mol. The predicted octanol–water partition coefficient (Wildman–Crippen LogP) is 2.40. The molecule has 0 radical (unpaired) electrons. The van der Waals surface area contributed by atoms with Crippen LogP contribution in [0.1, 0.15) is 59.8 Å². The number of rotatable bonds is 2. The van der Waals surface area contributed by atoms with Crippen molar-refractivity contribution >= 4 is 5.91 Å². The van der Waals surface area contributed by atoms with Crippen molar-refractivity contribution in [3.8, 4) is 0 Å². The van der Waals surface area contributed by atoms with E-state index in [0.717, 1.165) is 38.8 Å². The summed E-state index contributed by atoms with van der Waals surface area (Å²) >= 11 is 0. The Morgan fingerprint density at radius 2 is 1.43 bits per heavy atom. The SMILES string of the molecule is CC1(C)CCCC(C)(C)N1CC(=O)N1CCC2(CC1)OCCO2. The minimum atomic E-state index is -0.402. The van der Waals surface area contributed by atoms with Gasteiger partial charge in [-0.25, -0.2) is 0 Å². The van der Waals surface area contributed by atoms with Crippen LogP contribution in [0.25, 0.3) is 0 Å². The minimum absolute atomic E-state index is 0.0894. The van der Waals surface area contributed by atoms with E-state index in [9.17, 15) is 4.79 Å². The standard InChI is InChI=1S/C18H32N2O3/c1-16(2)6-5-7-17(3,4)20(16)14-15(21)19-10-8-18(9-11-19)22-12-13-23-18/h5-14H2,1-4H3. The second kappa shape index (κ2) is 6.01. The van der Waals surface area contributed by atoms with Gasteiger partial charge in [0.2, 0.25) is 5.91 Å². The van der Waals surface area contributed by atoms with Gasteiger partial charge in [-0.05, 0) is 47.0 Å². The molecule has 0 aromatic heterocycles. The van der Waals surface area contributed by atoms with Gasteiger partial charge < -0.3 is 14.4 Å². The van der Waals surface area contributed by atoms with Crippen molar-refractivity contribution in [2.24, 2.45) is 0 Å². The fourth-order valence-electron chi connectivity index (χ4n) is 4.59. The molecule has 0 bridgehead atoms. The molecule has 3 heterocycles. The van der Waals surface area contributed by atoms with E-state index in [1.807, 2.05) is 4.90 Å². The summed E-state index contributed by atoms with van der Waals surface area (Å²) in [5.41, 5.74) is 0.179. The van der Waals surface area contributed by atoms with Crippen molar-refractivity contribution in [2.45, 2.75) is 76.7 Å². The Balaban J connectivity index is 1.60. The molecule has 0 aliphatic carbocycles. The molecule has 1 spiro atoms. The Morgan fingerprint density at radius 1 is 0.913 bits per heavy atom. The Bertz CT molecular complexity index is 429. The molecule has 1 amide bonds. The summed E-state index contributed by atoms with van der Waals surface area (Å²) in [6, 6.07) is 0. The van der Waals surface area contributed by atoms with Crippen molar-refractivity contribution in [1.82, 2.24) is 9.80 Å². The highest BCUT2D eigenvalue weighted by Crippen LogP contribution is 2.38. The molecule has 5 nitrogen and oxygen atoms in total. The number of piperidine rings is 2. The van der Waals surface area contributed by atoms with E-state index in [2.05, 4.69) is 32.6 Å². The Hall–Kier alpha value is -0.650. The summed E-state index contributed by atoms with van der Waals surface area (Å²) in [4.78, 5) is 17.3. The number of amides is 1. The quantitative estimate of drug-likeness (QED) is 0.782. The van der Waals surface area contributed by atoms with E-state index < -0.39 is 5.79 Å². The first-order valence-corrected chi connectivity index (χ1v) is 9.08. The Kier molecular flexibility index (Phi) is 4.49. The molecule has 3 fully saturated rings. The van der Waals surface area contributed by atoms with Gasteiger partial charge >= 0.3 is 0 Å². The van der Waals surface area contributed by atoms with E-state index in [1.165, 1.54) is 6.42 Å². The summed E-state index contributed by atoms with van der Waals surface area (Å²) < 4.78 is 11.5. The van der Waals surface area contributed by atoms with Crippen LogP contribution in [0.4, 0.5) is 0 Å². The first-order valence-electron chi connectivity index (χ1n) is 9.08. The van der Waals surface area contributed by atoms with Gasteiger partial charge in [0.25, 0.3) is 0 Å². The van der Waals surface area contributed by atoms with Crippen molar-refractivity contribution in [1.29, 1.82) is 0 Å². The lowest BCUT2D eigenvalue weighted by Crippen LogP contribution is -2.61. The molecule has 0 atom stereocenters. The fraction of sp³-hybridized carbons (Fsp3) is 0.944. The molecular weight excluding hydrogens is 292 g/mol. The molecule has 3 aliphatic rings. The lowest BCUT2D eigenvalue weighted by Gasteiger charge is -2.53. The van der Waals surface area contributed by atoms with Crippen LogP contribution in [0.3, 0.4) is 0 Å². The zero-order chi connectivity index (χ0) is 16.7. The normalized spacial score (nSPS) is 29.8. The molecule has 5 heteroatoms. The topological polar surface area (TPSA) is 42.0 Å². The molecule has 0 aromatic rings. The molecular formula is C18H32N2O3. The second-order valence-corrected chi connectivity index (χ2v) is 8.55. The van der Waals surface area contributed by atoms with Crippen LogP contribution in [0.15, 0.2) is 0 Å². The average Bonchev–Trinajstić information content (AvgIpc) is 2.91. The monoisotopic (exact) mass is 324 g/mol. The van der Waals surface area contributed by atoms with E-state index in [4.69, 9.17) is 9.47 Å². The predicted molar refractivity (Wildman–Crippen MR) is 89.2 cm³/mol. The van der Waals surface area contributed by atoms with Gasteiger partial charge in [0.15, 0.2) is 5.79 Å². The molecule has 0 unspecified atom stereocenters. The first-order chi connectivity index (χ1) is 10.7. The molecule has 3 rings (SSSR count). The van der Waals surface area contributed by atoms with E-state index in [1.54, 1.807) is 0 Å². The van der Waals surface area contributed by atoms with Gasteiger partial charge in [0.05, 0.1) is 19.8 Å². The van der Waals surface area contributed by atoms with Crippen molar-refractivity contribution in [3.63, 3.8) is 0 Å². The van der Waals surface area contributed by atoms with Crippen LogP contribution in [0.5, 0.6) is 0 Å². The summed E-state index contributed by atoms with van der Waals surface area (Å²) in [5, 5.41) is 0. The van der Waals surface area contributed by atoms with Crippen LogP contribution in [-0.2, 0) is 14.3 Å². The van der Waals surface area contributed by atoms with Gasteiger partial charge in [-0.2, -0.15) is 0 Å². The zero-order valence-electron chi connectivity index (χ0n) is 15.2. The highest BCUT2D eigenvalue weighted by atomic mass is 16.7. The first kappa shape index (κ1) is 17.2. The maximum atomic E-state index is 12.8. The smallest absolute Gasteiger partial charge is 0.236 e. The second-order valence-electron chi connectivity index (χ2n) is 8.55. The molecule has 0 saturated carbocycles. The molecule has 3 saturated heterocycles. The number of carbonyl (C=O) groups is 1. The maximum absolute atomic E-state index is 12.8. The van der Waals surface area contributed by atoms with Gasteiger partial charge in [0.1, 0.15) is 0 Å². The molecule has 3 aliphatic heterocycles. The number of hydrogen-bond acceptors (Lipinski definition) is 4. The van der Waals surface area contributed by atoms with Crippen LogP contribution in [0.2, 0.25) is 0 Å². The van der Waals surface area contributed by atoms with Gasteiger partial charge in [-0.1, -0.05) is 0 Å². The van der Waals surface area contributed by atoms with Crippen LogP contribution >= 0.6 is 0 Å². The number of carbonyl (C=O) groups excluding carboxylic acids is 1. The lowest BCUT2D eigenvalue weighted by molar-refractivity contribution is -0.188. The Morgan fingerprint density at radius 3 is 1.96 bits per heavy atom. The molecule has 0 aromatic carbocycles. The molecule has 132 valence electrons. The minimum Gasteiger partial charge on any atom is -0.347 e. The summed E-state index contributed by atoms with van der Waals surface area (Å²) in [5.74, 6) is -0.152. The van der Waals surface area contributed by atoms with Crippen LogP contribution in [-0.4, -0.2) is 65.4 Å². The molecule has 0 N–H and O–H groups in total. The third-order valence-corrected chi connectivity index (χ3v) is 6.02. The van der Waals surface area contributed by atoms with Gasteiger partial charge in [-0.3, -0.25) is 9.69 Å². The third kappa shape index (κ3) is 3.42. The maximum Gasteiger partial charge on any atom is 0.236 e. The third-order valence-electron chi connectivity index (χ3n) is 6.02. The Labute approximate surface area is 140 Å². The summed E-state index contributed by atoms with van der Waals surface area (Å²) in [6.07, 6.45) is 5.16. The van der Waals surface area contributed by atoms with E-state index >= 15 is 0 Å². The van der Waals surface area contributed by atoms with Crippen molar-refractivity contribution in [2.75, 3.05) is 32.8 Å². The lowest BCUT2D eigenvalue weighted by atomic mass is 9.80. The number of likely N-dealkylation sites (tertiary alicyclic amines) is 2. The number of hydrogen-bond donors (Lipinski definition) is 0. The van der Waals surface area contributed by atoms with Gasteiger partial charge in [-0.15, -0.1) is 0 Å². The highest BCUT2D eigenvalue weighted by Gasteiger charge is 2.44. The zero-order valence-corrected chi connectivity index (χ0v) is 15.2. The largest absolute Gasteiger partial charge is 0.347 e. The fourth-order valence-corrected chi connectivity index (χ4v) is 4.59. The van der Waals surface area contributed by atoms with Crippen molar-refractivity contribution < 1.29 is 14.3 Å². The van der Waals surface area contributed by atoms with E-state index in [0.29, 0.717) is 19.8 Å². The van der Waals surface area contributed by atoms with E-state index in [-0.39, 0.29) is 17.0 Å². The number of nitrogens with zero attached hydrogens (tertiary/aromatic N) is 2. The summed E-state index contributed by atoms with van der Waals surface area (Å²) in [7, 11) is 0. The van der Waals surface area contributed by atoms with Crippen LogP contribution in [0, 0.1) is 0 Å². The van der Waals surface area contributed by atoms with Crippen molar-refractivity contribution in [3.05, 3.63) is 0 Å².